The minimum atomic E-state index is -0.541. The van der Waals surface area contributed by atoms with E-state index in [2.05, 4.69) is 10.6 Å². The minimum absolute atomic E-state index is 0.0328. The molecule has 0 aliphatic carbocycles. The summed E-state index contributed by atoms with van der Waals surface area (Å²) >= 11 is 1.39. The van der Waals surface area contributed by atoms with E-state index in [4.69, 9.17) is 4.74 Å². The van der Waals surface area contributed by atoms with Crippen LogP contribution in [0.25, 0.3) is 0 Å². The van der Waals surface area contributed by atoms with Gasteiger partial charge in [-0.25, -0.2) is 0 Å². The molecule has 186 valence electrons. The summed E-state index contributed by atoms with van der Waals surface area (Å²) < 4.78 is 5.15. The van der Waals surface area contributed by atoms with Gasteiger partial charge in [-0.05, 0) is 79.2 Å². The average molecular weight is 511 g/mol. The Bertz CT molecular complexity index is 1390. The molecule has 2 amide bonds. The number of rotatable bonds is 9. The van der Waals surface area contributed by atoms with Crippen LogP contribution in [0.4, 0.5) is 11.4 Å². The molecule has 0 saturated heterocycles. The van der Waals surface area contributed by atoms with Gasteiger partial charge in [0.2, 0.25) is 5.91 Å². The summed E-state index contributed by atoms with van der Waals surface area (Å²) in [6.07, 6.45) is 0. The van der Waals surface area contributed by atoms with Gasteiger partial charge >= 0.3 is 0 Å². The number of hydrogen-bond acceptors (Lipinski definition) is 5. The molecule has 0 radical (unpaired) electrons. The van der Waals surface area contributed by atoms with Gasteiger partial charge in [-0.3, -0.25) is 14.4 Å². The van der Waals surface area contributed by atoms with Crippen LogP contribution in [0.15, 0.2) is 108 Å². The third-order valence-electron chi connectivity index (χ3n) is 5.60. The zero-order valence-electron chi connectivity index (χ0n) is 20.4. The molecule has 7 heteroatoms. The normalized spacial score (nSPS) is 11.3. The van der Waals surface area contributed by atoms with Crippen LogP contribution < -0.4 is 15.4 Å². The van der Waals surface area contributed by atoms with Crippen molar-refractivity contribution in [2.45, 2.75) is 17.1 Å². The van der Waals surface area contributed by atoms with Crippen molar-refractivity contribution in [3.05, 3.63) is 120 Å². The number of carbonyl (C=O) groups excluding carboxylic acids is 3. The Morgan fingerprint density at radius 2 is 1.41 bits per heavy atom. The number of Topliss-reactive ketones (excluding diaryl/α,β-unsaturated/α-hetero) is 1. The molecule has 6 nitrogen and oxygen atoms in total. The summed E-state index contributed by atoms with van der Waals surface area (Å²) in [7, 11) is 1.57. The number of ketones is 1. The molecule has 2 N–H and O–H groups in total. The van der Waals surface area contributed by atoms with E-state index in [1.807, 2.05) is 48.5 Å². The van der Waals surface area contributed by atoms with Crippen LogP contribution in [-0.4, -0.2) is 24.7 Å². The predicted octanol–water partition coefficient (Wildman–Crippen LogP) is 6.62. The first-order valence-corrected chi connectivity index (χ1v) is 12.5. The van der Waals surface area contributed by atoms with Gasteiger partial charge in [-0.1, -0.05) is 36.4 Å². The highest BCUT2D eigenvalue weighted by atomic mass is 32.2. The van der Waals surface area contributed by atoms with Gasteiger partial charge in [0.05, 0.1) is 7.11 Å². The molecular formula is C30H26N2O4S. The second-order valence-electron chi connectivity index (χ2n) is 8.24. The number of anilines is 2. The predicted molar refractivity (Wildman–Crippen MR) is 148 cm³/mol. The Morgan fingerprint density at radius 1 is 0.730 bits per heavy atom. The van der Waals surface area contributed by atoms with Crippen LogP contribution in [0.2, 0.25) is 0 Å². The molecule has 4 rings (SSSR count). The van der Waals surface area contributed by atoms with Crippen LogP contribution in [0.3, 0.4) is 0 Å². The maximum absolute atomic E-state index is 13.4. The molecule has 0 spiro atoms. The van der Waals surface area contributed by atoms with Gasteiger partial charge in [0, 0.05) is 27.4 Å². The first-order chi connectivity index (χ1) is 17.9. The van der Waals surface area contributed by atoms with Crippen LogP contribution >= 0.6 is 11.8 Å². The molecule has 4 aromatic carbocycles. The maximum Gasteiger partial charge on any atom is 0.255 e. The first-order valence-electron chi connectivity index (χ1n) is 11.6. The Hall–Kier alpha value is -4.36. The van der Waals surface area contributed by atoms with Crippen LogP contribution in [0.5, 0.6) is 5.75 Å². The number of nitrogens with one attached hydrogen (secondary N) is 2. The lowest BCUT2D eigenvalue weighted by Crippen LogP contribution is -2.19. The van der Waals surface area contributed by atoms with Gasteiger partial charge < -0.3 is 15.4 Å². The number of ether oxygens (including phenoxy) is 1. The van der Waals surface area contributed by atoms with Gasteiger partial charge in [0.25, 0.3) is 5.91 Å². The van der Waals surface area contributed by atoms with Gasteiger partial charge in [-0.15, -0.1) is 11.8 Å². The third kappa shape index (κ3) is 6.86. The summed E-state index contributed by atoms with van der Waals surface area (Å²) in [5.74, 6) is 0.208. The molecule has 0 heterocycles. The summed E-state index contributed by atoms with van der Waals surface area (Å²) in [5, 5.41) is 5.32. The second-order valence-corrected chi connectivity index (χ2v) is 9.42. The molecular weight excluding hydrogens is 484 g/mol. The number of thioether (sulfide) groups is 1. The molecule has 1 unspecified atom stereocenters. The van der Waals surface area contributed by atoms with Crippen molar-refractivity contribution >= 4 is 40.7 Å². The number of methoxy groups -OCH3 is 1. The standard InChI is InChI=1S/C30H26N2O4S/c1-20(33)21-11-15-24(16-12-21)31-30(35)28(22-7-4-3-5-8-22)37-27-10-6-9-25(19-27)32-29(34)23-13-17-26(36-2)18-14-23/h3-19,28H,1-2H3,(H,31,35)(H,32,34). The summed E-state index contributed by atoms with van der Waals surface area (Å²) in [5.41, 5.74) is 3.17. The fourth-order valence-electron chi connectivity index (χ4n) is 3.63. The van der Waals surface area contributed by atoms with E-state index in [0.29, 0.717) is 28.3 Å². The summed E-state index contributed by atoms with van der Waals surface area (Å²) in [4.78, 5) is 38.4. The van der Waals surface area contributed by atoms with E-state index in [1.165, 1.54) is 18.7 Å². The van der Waals surface area contributed by atoms with Crippen molar-refractivity contribution in [1.82, 2.24) is 0 Å². The van der Waals surface area contributed by atoms with Crippen molar-refractivity contribution in [2.75, 3.05) is 17.7 Å². The number of benzene rings is 4. The van der Waals surface area contributed by atoms with Crippen LogP contribution in [-0.2, 0) is 4.79 Å². The smallest absolute Gasteiger partial charge is 0.255 e. The van der Waals surface area contributed by atoms with Crippen LogP contribution in [0, 0.1) is 0 Å². The Morgan fingerprint density at radius 3 is 2.05 bits per heavy atom. The van der Waals surface area contributed by atoms with Crippen LogP contribution in [0.1, 0.15) is 38.5 Å². The van der Waals surface area contributed by atoms with E-state index in [1.54, 1.807) is 61.7 Å². The Balaban J connectivity index is 1.51. The summed E-state index contributed by atoms with van der Waals surface area (Å²) in [6, 6.07) is 30.6. The molecule has 0 bridgehead atoms. The fourth-order valence-corrected chi connectivity index (χ4v) is 4.71. The largest absolute Gasteiger partial charge is 0.497 e. The Labute approximate surface area is 220 Å². The second kappa shape index (κ2) is 12.1. The highest BCUT2D eigenvalue weighted by molar-refractivity contribution is 8.00. The number of carbonyl (C=O) groups is 3. The van der Waals surface area contributed by atoms with Crippen molar-refractivity contribution in [3.8, 4) is 5.75 Å². The highest BCUT2D eigenvalue weighted by Gasteiger charge is 2.22. The molecule has 1 atom stereocenters. The van der Waals surface area contributed by atoms with Gasteiger partial charge in [0.15, 0.2) is 5.78 Å². The van der Waals surface area contributed by atoms with Crippen molar-refractivity contribution in [3.63, 3.8) is 0 Å². The Kier molecular flexibility index (Phi) is 8.38. The molecule has 0 aromatic heterocycles. The zero-order valence-corrected chi connectivity index (χ0v) is 21.3. The average Bonchev–Trinajstić information content (AvgIpc) is 2.92. The van der Waals surface area contributed by atoms with E-state index in [-0.39, 0.29) is 17.6 Å². The molecule has 0 fully saturated rings. The quantitative estimate of drug-likeness (QED) is 0.195. The first kappa shape index (κ1) is 25.7. The van der Waals surface area contributed by atoms with E-state index < -0.39 is 5.25 Å². The van der Waals surface area contributed by atoms with E-state index in [0.717, 1.165) is 10.5 Å². The van der Waals surface area contributed by atoms with E-state index >= 15 is 0 Å². The lowest BCUT2D eigenvalue weighted by Gasteiger charge is -2.18. The molecule has 0 saturated carbocycles. The van der Waals surface area contributed by atoms with E-state index in [9.17, 15) is 14.4 Å². The molecule has 0 aliphatic rings. The molecule has 0 aliphatic heterocycles. The zero-order chi connectivity index (χ0) is 26.2. The monoisotopic (exact) mass is 510 g/mol. The van der Waals surface area contributed by atoms with Gasteiger partial charge in [0.1, 0.15) is 11.0 Å². The van der Waals surface area contributed by atoms with Gasteiger partial charge in [-0.2, -0.15) is 0 Å². The SMILES string of the molecule is COc1ccc(C(=O)Nc2cccc(SC(C(=O)Nc3ccc(C(C)=O)cc3)c3ccccc3)c2)cc1. The highest BCUT2D eigenvalue weighted by Crippen LogP contribution is 2.37. The van der Waals surface area contributed by atoms with Crippen molar-refractivity contribution in [1.29, 1.82) is 0 Å². The lowest BCUT2D eigenvalue weighted by atomic mass is 10.1. The number of hydrogen-bond donors (Lipinski definition) is 2. The summed E-state index contributed by atoms with van der Waals surface area (Å²) in [6.45, 7) is 1.50. The maximum atomic E-state index is 13.4. The van der Waals surface area contributed by atoms with Crippen molar-refractivity contribution in [2.24, 2.45) is 0 Å². The molecule has 37 heavy (non-hydrogen) atoms. The minimum Gasteiger partial charge on any atom is -0.497 e. The fraction of sp³-hybridized carbons (Fsp3) is 0.100. The topological polar surface area (TPSA) is 84.5 Å². The van der Waals surface area contributed by atoms with Crippen molar-refractivity contribution < 1.29 is 19.1 Å². The molecule has 4 aromatic rings. The third-order valence-corrected chi connectivity index (χ3v) is 6.85. The lowest BCUT2D eigenvalue weighted by molar-refractivity contribution is -0.115. The number of amides is 2.